The molecule has 1 aromatic heterocycles. The maximum atomic E-state index is 12.8. The summed E-state index contributed by atoms with van der Waals surface area (Å²) in [6.07, 6.45) is 0. The molecule has 1 aliphatic heterocycles. The van der Waals surface area contributed by atoms with E-state index in [9.17, 15) is 4.79 Å². The predicted octanol–water partition coefficient (Wildman–Crippen LogP) is 3.49. The molecule has 1 fully saturated rings. The highest BCUT2D eigenvalue weighted by atomic mass is 16.2. The van der Waals surface area contributed by atoms with E-state index >= 15 is 0 Å². The molecule has 0 bridgehead atoms. The van der Waals surface area contributed by atoms with Gasteiger partial charge in [-0.15, -0.1) is 10.2 Å². The van der Waals surface area contributed by atoms with Crippen LogP contribution in [0.15, 0.2) is 66.7 Å². The minimum Gasteiger partial charge on any atom is -0.339 e. The number of nitrogens with one attached hydrogen (secondary N) is 1. The molecule has 0 saturated carbocycles. The molecule has 2 heterocycles. The van der Waals surface area contributed by atoms with Crippen LogP contribution in [-0.2, 0) is 6.54 Å². The zero-order valence-corrected chi connectivity index (χ0v) is 16.6. The number of amides is 1. The van der Waals surface area contributed by atoms with Gasteiger partial charge in [-0.25, -0.2) is 0 Å². The van der Waals surface area contributed by atoms with Gasteiger partial charge in [0.1, 0.15) is 0 Å². The highest BCUT2D eigenvalue weighted by molar-refractivity contribution is 5.92. The van der Waals surface area contributed by atoms with Gasteiger partial charge in [-0.2, -0.15) is 0 Å². The van der Waals surface area contributed by atoms with Crippen molar-refractivity contribution in [2.45, 2.75) is 13.5 Å². The standard InChI is InChI=1S/C23H25N5O/c1-18-7-9-20(10-8-18)24-22-12-11-21(25-26-22)23(29)28-15-13-27(14-16-28)17-19-5-3-2-4-6-19/h2-12H,13-17H2,1H3,(H,24,26). The molecule has 1 aliphatic rings. The van der Waals surface area contributed by atoms with Crippen molar-refractivity contribution in [1.29, 1.82) is 0 Å². The molecule has 0 aliphatic carbocycles. The third-order valence-electron chi connectivity index (χ3n) is 5.12. The molecule has 3 aromatic rings. The van der Waals surface area contributed by atoms with Crippen LogP contribution < -0.4 is 5.32 Å². The Kier molecular flexibility index (Phi) is 5.81. The third-order valence-corrected chi connectivity index (χ3v) is 5.12. The summed E-state index contributed by atoms with van der Waals surface area (Å²) >= 11 is 0. The van der Waals surface area contributed by atoms with Crippen molar-refractivity contribution in [3.63, 3.8) is 0 Å². The van der Waals surface area contributed by atoms with Gasteiger partial charge >= 0.3 is 0 Å². The summed E-state index contributed by atoms with van der Waals surface area (Å²) in [5.41, 5.74) is 3.83. The first-order chi connectivity index (χ1) is 14.2. The average Bonchev–Trinajstić information content (AvgIpc) is 2.77. The van der Waals surface area contributed by atoms with Crippen LogP contribution in [-0.4, -0.2) is 52.1 Å². The number of nitrogens with zero attached hydrogens (tertiary/aromatic N) is 4. The molecule has 148 valence electrons. The van der Waals surface area contributed by atoms with Gasteiger partial charge < -0.3 is 10.2 Å². The van der Waals surface area contributed by atoms with E-state index in [0.29, 0.717) is 24.6 Å². The van der Waals surface area contributed by atoms with E-state index in [1.54, 1.807) is 12.1 Å². The number of aryl methyl sites for hydroxylation is 1. The lowest BCUT2D eigenvalue weighted by molar-refractivity contribution is 0.0621. The summed E-state index contributed by atoms with van der Waals surface area (Å²) in [7, 11) is 0. The number of hydrogen-bond donors (Lipinski definition) is 1. The number of anilines is 2. The molecule has 0 atom stereocenters. The average molecular weight is 387 g/mol. The Morgan fingerprint density at radius 1 is 0.897 bits per heavy atom. The van der Waals surface area contributed by atoms with Gasteiger partial charge in [0.25, 0.3) is 5.91 Å². The molecule has 4 rings (SSSR count). The molecule has 1 amide bonds. The summed E-state index contributed by atoms with van der Waals surface area (Å²) in [5.74, 6) is 0.567. The SMILES string of the molecule is Cc1ccc(Nc2ccc(C(=O)N3CCN(Cc4ccccc4)CC3)nn2)cc1. The van der Waals surface area contributed by atoms with Crippen LogP contribution >= 0.6 is 0 Å². The Hall–Kier alpha value is -3.25. The Balaban J connectivity index is 1.31. The van der Waals surface area contributed by atoms with Gasteiger partial charge in [0, 0.05) is 38.4 Å². The van der Waals surface area contributed by atoms with Crippen LogP contribution in [0.5, 0.6) is 0 Å². The molecule has 0 unspecified atom stereocenters. The molecule has 29 heavy (non-hydrogen) atoms. The van der Waals surface area contributed by atoms with Crippen LogP contribution in [0, 0.1) is 6.92 Å². The molecular weight excluding hydrogens is 362 g/mol. The second kappa shape index (κ2) is 8.84. The maximum absolute atomic E-state index is 12.8. The van der Waals surface area contributed by atoms with Crippen LogP contribution in [0.3, 0.4) is 0 Å². The van der Waals surface area contributed by atoms with Crippen molar-refractivity contribution < 1.29 is 4.79 Å². The first kappa shape index (κ1) is 19.1. The number of benzene rings is 2. The van der Waals surface area contributed by atoms with Crippen LogP contribution in [0.2, 0.25) is 0 Å². The van der Waals surface area contributed by atoms with Crippen molar-refractivity contribution in [3.05, 3.63) is 83.6 Å². The van der Waals surface area contributed by atoms with E-state index in [2.05, 4.69) is 44.7 Å². The maximum Gasteiger partial charge on any atom is 0.274 e. The zero-order chi connectivity index (χ0) is 20.1. The van der Waals surface area contributed by atoms with Crippen LogP contribution in [0.4, 0.5) is 11.5 Å². The second-order valence-corrected chi connectivity index (χ2v) is 7.35. The monoisotopic (exact) mass is 387 g/mol. The summed E-state index contributed by atoms with van der Waals surface area (Å²) < 4.78 is 0. The number of piperazine rings is 1. The summed E-state index contributed by atoms with van der Waals surface area (Å²) in [6.45, 7) is 6.10. The van der Waals surface area contributed by atoms with Crippen molar-refractivity contribution >= 4 is 17.4 Å². The van der Waals surface area contributed by atoms with Gasteiger partial charge in [-0.05, 0) is 36.8 Å². The van der Waals surface area contributed by atoms with E-state index in [-0.39, 0.29) is 5.91 Å². The number of rotatable bonds is 5. The van der Waals surface area contributed by atoms with Gasteiger partial charge in [-0.3, -0.25) is 9.69 Å². The first-order valence-electron chi connectivity index (χ1n) is 9.90. The minimum atomic E-state index is -0.0567. The van der Waals surface area contributed by atoms with Gasteiger partial charge in [0.15, 0.2) is 11.5 Å². The lowest BCUT2D eigenvalue weighted by atomic mass is 10.2. The lowest BCUT2D eigenvalue weighted by Gasteiger charge is -2.34. The lowest BCUT2D eigenvalue weighted by Crippen LogP contribution is -2.48. The Morgan fingerprint density at radius 2 is 1.62 bits per heavy atom. The van der Waals surface area contributed by atoms with E-state index < -0.39 is 0 Å². The fourth-order valence-electron chi connectivity index (χ4n) is 3.41. The molecular formula is C23H25N5O. The van der Waals surface area contributed by atoms with Crippen molar-refractivity contribution in [2.24, 2.45) is 0 Å². The van der Waals surface area contributed by atoms with Crippen molar-refractivity contribution in [2.75, 3.05) is 31.5 Å². The fourth-order valence-corrected chi connectivity index (χ4v) is 3.41. The molecule has 6 nitrogen and oxygen atoms in total. The Morgan fingerprint density at radius 3 is 2.28 bits per heavy atom. The van der Waals surface area contributed by atoms with Crippen LogP contribution in [0.1, 0.15) is 21.6 Å². The fraction of sp³-hybridized carbons (Fsp3) is 0.261. The van der Waals surface area contributed by atoms with Crippen molar-refractivity contribution in [3.8, 4) is 0 Å². The number of carbonyl (C=O) groups excluding carboxylic acids is 1. The van der Waals surface area contributed by atoms with Gasteiger partial charge in [-0.1, -0.05) is 48.0 Å². The van der Waals surface area contributed by atoms with E-state index in [1.807, 2.05) is 42.2 Å². The topological polar surface area (TPSA) is 61.4 Å². The molecule has 0 spiro atoms. The number of aromatic nitrogens is 2. The number of carbonyl (C=O) groups is 1. The Bertz CT molecular complexity index is 933. The van der Waals surface area contributed by atoms with Gasteiger partial charge in [0.05, 0.1) is 0 Å². The summed E-state index contributed by atoms with van der Waals surface area (Å²) in [4.78, 5) is 17.0. The summed E-state index contributed by atoms with van der Waals surface area (Å²) in [6, 6.07) is 22.0. The van der Waals surface area contributed by atoms with E-state index in [0.717, 1.165) is 25.3 Å². The highest BCUT2D eigenvalue weighted by Gasteiger charge is 2.23. The second-order valence-electron chi connectivity index (χ2n) is 7.35. The largest absolute Gasteiger partial charge is 0.339 e. The minimum absolute atomic E-state index is 0.0567. The van der Waals surface area contributed by atoms with Gasteiger partial charge in [0.2, 0.25) is 0 Å². The molecule has 2 aromatic carbocycles. The number of hydrogen-bond acceptors (Lipinski definition) is 5. The highest BCUT2D eigenvalue weighted by Crippen LogP contribution is 2.15. The van der Waals surface area contributed by atoms with Crippen molar-refractivity contribution in [1.82, 2.24) is 20.0 Å². The summed E-state index contributed by atoms with van der Waals surface area (Å²) in [5, 5.41) is 11.5. The van der Waals surface area contributed by atoms with E-state index in [1.165, 1.54) is 11.1 Å². The Labute approximate surface area is 171 Å². The molecule has 1 N–H and O–H groups in total. The zero-order valence-electron chi connectivity index (χ0n) is 16.6. The van der Waals surface area contributed by atoms with E-state index in [4.69, 9.17) is 0 Å². The molecule has 1 saturated heterocycles. The quantitative estimate of drug-likeness (QED) is 0.726. The smallest absolute Gasteiger partial charge is 0.274 e. The third kappa shape index (κ3) is 4.97. The molecule has 6 heteroatoms. The first-order valence-corrected chi connectivity index (χ1v) is 9.90. The molecule has 0 radical (unpaired) electrons. The normalized spacial score (nSPS) is 14.6. The van der Waals surface area contributed by atoms with Crippen LogP contribution in [0.25, 0.3) is 0 Å². The predicted molar refractivity (Wildman–Crippen MR) is 114 cm³/mol.